The normalized spacial score (nSPS) is 20.8. The molecule has 13 atom stereocenters. The third-order valence-corrected chi connectivity index (χ3v) is 18.6. The summed E-state index contributed by atoms with van der Waals surface area (Å²) in [7, 11) is 0. The Morgan fingerprint density at radius 2 is 1.10 bits per heavy atom. The summed E-state index contributed by atoms with van der Waals surface area (Å²) in [6.07, 6.45) is -2.63. The van der Waals surface area contributed by atoms with Gasteiger partial charge in [-0.3, -0.25) is 91.1 Å². The van der Waals surface area contributed by atoms with Crippen molar-refractivity contribution in [3.63, 3.8) is 0 Å². The minimum Gasteiger partial charge on any atom is -0.481 e. The summed E-state index contributed by atoms with van der Waals surface area (Å²) >= 11 is 0. The van der Waals surface area contributed by atoms with Gasteiger partial charge in [-0.05, 0) is 93.5 Å². The number of aromatic nitrogens is 1. The van der Waals surface area contributed by atoms with Gasteiger partial charge >= 0.3 is 29.8 Å². The van der Waals surface area contributed by atoms with Crippen LogP contribution in [0.5, 0.6) is 0 Å². The van der Waals surface area contributed by atoms with Crippen LogP contribution in [0.4, 0.5) is 5.69 Å². The van der Waals surface area contributed by atoms with Crippen LogP contribution in [0.2, 0.25) is 0 Å². The van der Waals surface area contributed by atoms with Crippen molar-refractivity contribution in [1.82, 2.24) is 74.1 Å². The van der Waals surface area contributed by atoms with Gasteiger partial charge in [0.25, 0.3) is 5.91 Å². The summed E-state index contributed by atoms with van der Waals surface area (Å²) < 4.78 is 5.69. The second-order valence-corrected chi connectivity index (χ2v) is 28.1. The Bertz CT molecular complexity index is 4380. The average Bonchev–Trinajstić information content (AvgIpc) is 1.70. The molecule has 0 radical (unpaired) electrons. The predicted octanol–water partition coefficient (Wildman–Crippen LogP) is -4.94. The lowest BCUT2D eigenvalue weighted by molar-refractivity contribution is -0.156. The molecule has 14 amide bonds. The average molecular weight is 1670 g/mol. The molecule has 1 aliphatic rings. The number of primary amides is 1. The molecule has 1 aromatic heterocycles. The van der Waals surface area contributed by atoms with Crippen LogP contribution in [-0.2, 0) is 104 Å². The number of unbranched alkanes of at least 4 members (excludes halogenated alkanes) is 4. The number of fused-ring (bicyclic) bond motifs is 1. The van der Waals surface area contributed by atoms with E-state index in [1.165, 1.54) is 24.3 Å². The van der Waals surface area contributed by atoms with Crippen molar-refractivity contribution >= 4 is 135 Å². The number of aliphatic hydroxyl groups excluding tert-OH is 1. The number of ether oxygens (including phenoxy) is 1. The third kappa shape index (κ3) is 31.6. The number of aromatic amines is 1. The lowest BCUT2D eigenvalue weighted by Gasteiger charge is -2.30. The Labute approximate surface area is 679 Å². The minimum atomic E-state index is -2.46. The fourth-order valence-electron chi connectivity index (χ4n) is 12.2. The maximum atomic E-state index is 14.9. The van der Waals surface area contributed by atoms with Crippen LogP contribution in [0.15, 0.2) is 79.0 Å². The number of aliphatic hydroxyl groups is 1. The van der Waals surface area contributed by atoms with Crippen LogP contribution < -0.4 is 86.3 Å². The number of hydrogen-bond donors (Lipinski definition) is 22. The Hall–Kier alpha value is -13.5. The van der Waals surface area contributed by atoms with Crippen LogP contribution in [-0.4, -0.2) is 248 Å². The molecule has 0 bridgehead atoms. The Balaban J connectivity index is 1.60. The number of carboxylic acids is 4. The number of carbonyl (C=O) groups is 20. The van der Waals surface area contributed by atoms with Gasteiger partial charge < -0.3 is 122 Å². The second kappa shape index (κ2) is 47.5. The number of nitrogens with two attached hydrogens (primary N) is 3. The number of Topliss-reactive ketones (excluding diaryl/α,β-unsaturated/α-hetero) is 1. The smallest absolute Gasteiger partial charge is 0.329 e. The summed E-state index contributed by atoms with van der Waals surface area (Å²) in [5, 5.41) is 78.8. The van der Waals surface area contributed by atoms with Gasteiger partial charge in [-0.15, -0.1) is 0 Å². The first kappa shape index (κ1) is 96.1. The van der Waals surface area contributed by atoms with Crippen molar-refractivity contribution in [2.24, 2.45) is 17.4 Å². The predicted molar refractivity (Wildman–Crippen MR) is 416 cm³/mol. The highest BCUT2D eigenvalue weighted by molar-refractivity contribution is 6.05. The van der Waals surface area contributed by atoms with E-state index in [9.17, 15) is 121 Å². The number of carboxylic acid groups (broad SMARTS) is 4. The van der Waals surface area contributed by atoms with E-state index < -0.39 is 261 Å². The molecule has 0 unspecified atom stereocenters. The van der Waals surface area contributed by atoms with E-state index in [1.54, 1.807) is 54.7 Å². The molecule has 5 rings (SSSR count). The summed E-state index contributed by atoms with van der Waals surface area (Å²) in [6.45, 7) is 1.12. The number of rotatable bonds is 34. The van der Waals surface area contributed by atoms with Crippen molar-refractivity contribution in [2.45, 2.75) is 197 Å². The molecule has 646 valence electrons. The van der Waals surface area contributed by atoms with Gasteiger partial charge in [-0.1, -0.05) is 82.0 Å². The van der Waals surface area contributed by atoms with Gasteiger partial charge in [0.05, 0.1) is 51.8 Å². The van der Waals surface area contributed by atoms with E-state index in [2.05, 4.69) is 65.1 Å². The number of anilines is 1. The molecule has 3 aromatic carbocycles. The minimum absolute atomic E-state index is 0.0981. The fraction of sp³-hybridized carbons (Fsp3) is 0.474. The number of carbonyl (C=O) groups excluding carboxylic acids is 16. The van der Waals surface area contributed by atoms with Gasteiger partial charge in [-0.2, -0.15) is 0 Å². The molecule has 1 fully saturated rings. The number of hydrogen-bond acceptors (Lipinski definition) is 24. The molecule has 25 N–H and O–H groups in total. The van der Waals surface area contributed by atoms with Crippen molar-refractivity contribution in [2.75, 3.05) is 32.0 Å². The zero-order valence-corrected chi connectivity index (χ0v) is 65.5. The molecular weight excluding hydrogens is 1570 g/mol. The monoisotopic (exact) mass is 1670 g/mol. The zero-order chi connectivity index (χ0) is 88.3. The molecule has 119 heavy (non-hydrogen) atoms. The van der Waals surface area contributed by atoms with Crippen LogP contribution in [0.25, 0.3) is 10.9 Å². The van der Waals surface area contributed by atoms with E-state index in [0.717, 1.165) is 64.9 Å². The van der Waals surface area contributed by atoms with Crippen molar-refractivity contribution in [3.8, 4) is 0 Å². The number of esters is 1. The third-order valence-electron chi connectivity index (χ3n) is 18.6. The molecule has 4 aromatic rings. The van der Waals surface area contributed by atoms with Crippen LogP contribution in [0.1, 0.15) is 143 Å². The molecule has 1 saturated heterocycles. The highest BCUT2D eigenvalue weighted by Gasteiger charge is 2.41. The molecular formula is C76H101N17O26. The standard InChI is InChI=1S/C76H101N17O26/c1-5-6-7-8-9-15-40-21-23-41(24-22-40)66(108)87-48(27-42-33-80-46-19-13-11-16-43(42)46)70(112)88-49(29-56(79)96)71(113)90-52(32-62(105)106)72(114)93-64-39(4)119-76(118)53(28-55(95)44-17-10-12-18-45(44)78)91-75(117)63(37(2)26-59(99)100)92-73(115)54(36-94)85-58(98)34-81-67(109)50(30-60(101)102)86-65(107)38(3)83-69(111)51(31-61(103)104)89-68(110)47(20-14-25-77)84-57(97)35-82-74(64)116/h10-13,16-19,21-24,33,37-39,47-54,63-64,80,94H,5-9,14-15,20,25-32,34-36,77-78H2,1-4H3,(H2,79,96)(H,81,109)(H,82,116)(H,83,111)(H,84,97)(H,85,98)(H,86,107)(H,87,108)(H,88,112)(H,89,110)(H,90,113)(H,91,117)(H,92,115)(H,93,114)(H,99,100)(H,101,102)(H,103,104)(H,105,106)/t37-,38+,39+,47-,48-,49-,50-,51+,52-,53-,54+,63-,64-/m0/s1. The summed E-state index contributed by atoms with van der Waals surface area (Å²) in [5.41, 5.74) is 19.1. The number of H-pyrrole nitrogens is 1. The van der Waals surface area contributed by atoms with Gasteiger partial charge in [-0.25, -0.2) is 4.79 Å². The van der Waals surface area contributed by atoms with E-state index in [-0.39, 0.29) is 36.2 Å². The zero-order valence-electron chi connectivity index (χ0n) is 65.5. The number of nitrogen functional groups attached to an aromatic ring is 1. The van der Waals surface area contributed by atoms with Crippen LogP contribution in [0, 0.1) is 5.92 Å². The van der Waals surface area contributed by atoms with Gasteiger partial charge in [0.15, 0.2) is 5.78 Å². The molecule has 43 nitrogen and oxygen atoms in total. The molecule has 0 saturated carbocycles. The molecule has 1 aliphatic heterocycles. The first-order valence-corrected chi connectivity index (χ1v) is 37.9. The number of ketones is 1. The second-order valence-electron chi connectivity index (χ2n) is 28.1. The topological polar surface area (TPSA) is 702 Å². The Morgan fingerprint density at radius 3 is 1.71 bits per heavy atom. The first-order valence-electron chi connectivity index (χ1n) is 37.9. The molecule has 43 heteroatoms. The van der Waals surface area contributed by atoms with Crippen molar-refractivity contribution in [1.29, 1.82) is 0 Å². The molecule has 2 heterocycles. The number of amides is 14. The number of benzene rings is 3. The summed E-state index contributed by atoms with van der Waals surface area (Å²) in [4.78, 5) is 278. The van der Waals surface area contributed by atoms with E-state index in [4.69, 9.17) is 21.9 Å². The number of nitrogens with one attached hydrogen (secondary N) is 14. The van der Waals surface area contributed by atoms with Crippen LogP contribution >= 0.6 is 0 Å². The van der Waals surface area contributed by atoms with Gasteiger partial charge in [0, 0.05) is 46.8 Å². The van der Waals surface area contributed by atoms with Crippen molar-refractivity contribution < 1.29 is 126 Å². The number of aryl methyl sites for hydroxylation is 1. The quantitative estimate of drug-likeness (QED) is 0.00902. The maximum Gasteiger partial charge on any atom is 0.329 e. The first-order chi connectivity index (χ1) is 56.3. The Kier molecular flexibility index (Phi) is 38.4. The number of cyclic esters (lactones) is 1. The highest BCUT2D eigenvalue weighted by Crippen LogP contribution is 2.22. The van der Waals surface area contributed by atoms with E-state index in [1.807, 2.05) is 16.0 Å². The fourth-order valence-corrected chi connectivity index (χ4v) is 12.2. The maximum absolute atomic E-state index is 14.9. The highest BCUT2D eigenvalue weighted by atomic mass is 16.5. The molecule has 0 spiro atoms. The van der Waals surface area contributed by atoms with E-state index in [0.29, 0.717) is 16.5 Å². The summed E-state index contributed by atoms with van der Waals surface area (Å²) in [5.74, 6) is -30.1. The SMILES string of the molecule is CCCCCCCc1ccc(C(=O)N[C@@H](Cc2c[nH]c3ccccc23)C(=O)N[C@@H](CC(N)=O)C(=O)N[C@@H](CC(=O)O)C(=O)N[C@@H]2C(=O)NCC(=O)N[C@@H](CCCN)C(=O)N[C@H](CC(=O)O)C(=O)N[C@H](C)C(=O)N[C@@H](CC(=O)O)C(=O)NCC(=O)N[C@H](CO)C(=O)N[C@@H]([C@@H](C)CC(=O)O)C(=O)N[C@@H](CC(=O)c3ccccc3N)C(=O)O[C@@H]2C)cc1. The Morgan fingerprint density at radius 1 is 0.546 bits per heavy atom. The van der Waals surface area contributed by atoms with Crippen LogP contribution in [0.3, 0.4) is 0 Å². The molecule has 0 aliphatic carbocycles. The largest absolute Gasteiger partial charge is 0.481 e. The number of aliphatic carboxylic acids is 4. The lowest BCUT2D eigenvalue weighted by Crippen LogP contribution is -2.62. The van der Waals surface area contributed by atoms with Gasteiger partial charge in [0.2, 0.25) is 76.8 Å². The van der Waals surface area contributed by atoms with Crippen molar-refractivity contribution in [3.05, 3.63) is 101 Å². The van der Waals surface area contributed by atoms with E-state index >= 15 is 0 Å². The number of para-hydroxylation sites is 2. The summed E-state index contributed by atoms with van der Waals surface area (Å²) in [6, 6.07) is -4.17. The van der Waals surface area contributed by atoms with Gasteiger partial charge in [0.1, 0.15) is 72.6 Å². The lowest BCUT2D eigenvalue weighted by atomic mass is 9.96.